The molecule has 36 heavy (non-hydrogen) atoms. The summed E-state index contributed by atoms with van der Waals surface area (Å²) in [6.45, 7) is 6.98. The number of carbonyl (C=O) groups excluding carboxylic acids is 1. The van der Waals surface area contributed by atoms with E-state index in [1.54, 1.807) is 40.6 Å². The van der Waals surface area contributed by atoms with E-state index in [1.165, 1.54) is 5.57 Å². The van der Waals surface area contributed by atoms with Crippen LogP contribution in [0, 0.1) is 5.92 Å². The third-order valence-electron chi connectivity index (χ3n) is 7.62. The van der Waals surface area contributed by atoms with Gasteiger partial charge in [0.25, 0.3) is 0 Å². The predicted molar refractivity (Wildman–Crippen MR) is 134 cm³/mol. The van der Waals surface area contributed by atoms with Crippen LogP contribution in [0.2, 0.25) is 0 Å². The van der Waals surface area contributed by atoms with Gasteiger partial charge in [-0.25, -0.2) is 0 Å². The minimum absolute atomic E-state index is 0.0137. The second-order valence-electron chi connectivity index (χ2n) is 10.2. The Kier molecular flexibility index (Phi) is 7.73. The van der Waals surface area contributed by atoms with Gasteiger partial charge in [-0.1, -0.05) is 11.6 Å². The van der Waals surface area contributed by atoms with Crippen molar-refractivity contribution in [3.05, 3.63) is 23.8 Å². The third kappa shape index (κ3) is 5.14. The largest absolute Gasteiger partial charge is 0.493 e. The van der Waals surface area contributed by atoms with E-state index in [9.17, 15) is 4.79 Å². The molecule has 200 valence electrons. The van der Waals surface area contributed by atoms with Crippen LogP contribution >= 0.6 is 0 Å². The number of hydrogen-bond acceptors (Lipinski definition) is 9. The Morgan fingerprint density at radius 3 is 2.33 bits per heavy atom. The molecule has 4 rings (SSSR count). The smallest absolute Gasteiger partial charge is 0.325 e. The van der Waals surface area contributed by atoms with E-state index in [1.807, 2.05) is 0 Å². The van der Waals surface area contributed by atoms with E-state index < -0.39 is 0 Å². The molecule has 0 unspecified atom stereocenters. The number of carbonyl (C=O) groups is 1. The third-order valence-corrected chi connectivity index (χ3v) is 7.62. The van der Waals surface area contributed by atoms with Crippen molar-refractivity contribution >= 4 is 11.7 Å². The monoisotopic (exact) mass is 505 g/mol. The molecule has 6 atom stereocenters. The SMILES string of the molecule is COc1cc(NCC(=O)O[C@@H]2CC[C@]3(CO3)[C@@H]([C@]3(C)O[C@@H]3CC=C(C)C)[C@@H]2OC)cc(OC)c1OC. The summed E-state index contributed by atoms with van der Waals surface area (Å²) < 4.78 is 40.2. The van der Waals surface area contributed by atoms with Crippen molar-refractivity contribution in [1.82, 2.24) is 0 Å². The van der Waals surface area contributed by atoms with E-state index in [2.05, 4.69) is 32.2 Å². The first-order chi connectivity index (χ1) is 17.2. The quantitative estimate of drug-likeness (QED) is 0.274. The highest BCUT2D eigenvalue weighted by Gasteiger charge is 2.72. The molecule has 1 aromatic carbocycles. The molecule has 3 aliphatic rings. The van der Waals surface area contributed by atoms with Gasteiger partial charge in [-0.05, 0) is 40.0 Å². The molecule has 1 aromatic rings. The first-order valence-electron chi connectivity index (χ1n) is 12.4. The number of nitrogens with one attached hydrogen (secondary N) is 1. The second kappa shape index (κ2) is 10.5. The average Bonchev–Trinajstić information content (AvgIpc) is 3.78. The molecule has 1 spiro atoms. The molecule has 2 saturated heterocycles. The minimum atomic E-state index is -0.380. The Balaban J connectivity index is 1.42. The predicted octanol–water partition coefficient (Wildman–Crippen LogP) is 3.74. The lowest BCUT2D eigenvalue weighted by Crippen LogP contribution is -2.55. The topological polar surface area (TPSA) is 100 Å². The van der Waals surface area contributed by atoms with Crippen molar-refractivity contribution in [1.29, 1.82) is 0 Å². The van der Waals surface area contributed by atoms with Gasteiger partial charge in [-0.15, -0.1) is 0 Å². The summed E-state index contributed by atoms with van der Waals surface area (Å²) in [6.07, 6.45) is 3.96. The van der Waals surface area contributed by atoms with Gasteiger partial charge in [0.05, 0.1) is 40.0 Å². The van der Waals surface area contributed by atoms with Crippen molar-refractivity contribution in [2.45, 2.75) is 69.5 Å². The molecule has 2 heterocycles. The van der Waals surface area contributed by atoms with Crippen LogP contribution in [0.5, 0.6) is 17.2 Å². The Morgan fingerprint density at radius 1 is 1.14 bits per heavy atom. The first-order valence-corrected chi connectivity index (χ1v) is 12.4. The van der Waals surface area contributed by atoms with Crippen LogP contribution in [0.1, 0.15) is 40.0 Å². The summed E-state index contributed by atoms with van der Waals surface area (Å²) in [5.74, 6) is 1.10. The van der Waals surface area contributed by atoms with Crippen molar-refractivity contribution in [2.75, 3.05) is 46.9 Å². The zero-order valence-electron chi connectivity index (χ0n) is 22.3. The zero-order valence-corrected chi connectivity index (χ0v) is 22.3. The summed E-state index contributed by atoms with van der Waals surface area (Å²) in [4.78, 5) is 12.9. The van der Waals surface area contributed by atoms with Gasteiger partial charge in [0.1, 0.15) is 30.0 Å². The lowest BCUT2D eigenvalue weighted by Gasteiger charge is -2.42. The number of methoxy groups -OCH3 is 4. The standard InChI is InChI=1S/C27H39NO8/c1-16(2)8-9-21-26(3,36-21)25-24(33-7)18(10-11-27(25)15-34-27)35-22(29)14-28-17-12-19(30-4)23(32-6)20(13-17)31-5/h8,12-13,18,21,24-25,28H,9-11,14-15H2,1-7H3/t18-,21-,24-,25-,26-,27+/m1/s1. The van der Waals surface area contributed by atoms with Crippen molar-refractivity contribution in [3.63, 3.8) is 0 Å². The van der Waals surface area contributed by atoms with Gasteiger partial charge < -0.3 is 38.5 Å². The highest BCUT2D eigenvalue weighted by Crippen LogP contribution is 2.59. The number of hydrogen-bond donors (Lipinski definition) is 1. The van der Waals surface area contributed by atoms with Crippen LogP contribution < -0.4 is 19.5 Å². The number of epoxide rings is 2. The first kappa shape index (κ1) is 26.6. The molecule has 0 aromatic heterocycles. The summed E-state index contributed by atoms with van der Waals surface area (Å²) in [5, 5.41) is 3.10. The van der Waals surface area contributed by atoms with E-state index >= 15 is 0 Å². The van der Waals surface area contributed by atoms with Crippen LogP contribution in [0.15, 0.2) is 23.8 Å². The van der Waals surface area contributed by atoms with Gasteiger partial charge in [0.15, 0.2) is 11.5 Å². The van der Waals surface area contributed by atoms with E-state index in [0.717, 1.165) is 12.8 Å². The molecule has 9 heteroatoms. The summed E-state index contributed by atoms with van der Waals surface area (Å²) in [5.41, 5.74) is 1.29. The molecule has 1 N–H and O–H groups in total. The molecule has 0 bridgehead atoms. The molecule has 3 fully saturated rings. The number of allylic oxidation sites excluding steroid dienone is 1. The molecule has 0 radical (unpaired) electrons. The Hall–Kier alpha value is -2.49. The van der Waals surface area contributed by atoms with E-state index in [0.29, 0.717) is 36.0 Å². The molecular formula is C27H39NO8. The molecular weight excluding hydrogens is 466 g/mol. The zero-order chi connectivity index (χ0) is 26.1. The number of anilines is 1. The number of esters is 1. The average molecular weight is 506 g/mol. The lowest BCUT2D eigenvalue weighted by atomic mass is 9.68. The second-order valence-corrected chi connectivity index (χ2v) is 10.2. The number of ether oxygens (including phenoxy) is 7. The Bertz CT molecular complexity index is 961. The van der Waals surface area contributed by atoms with Crippen LogP contribution in [-0.4, -0.2) is 77.1 Å². The maximum absolute atomic E-state index is 12.9. The van der Waals surface area contributed by atoms with Gasteiger partial charge >= 0.3 is 5.97 Å². The summed E-state index contributed by atoms with van der Waals surface area (Å²) in [7, 11) is 6.31. The van der Waals surface area contributed by atoms with Crippen LogP contribution in [0.3, 0.4) is 0 Å². The van der Waals surface area contributed by atoms with Crippen LogP contribution in [0.25, 0.3) is 0 Å². The van der Waals surface area contributed by atoms with Crippen LogP contribution in [-0.2, 0) is 23.7 Å². The van der Waals surface area contributed by atoms with Crippen molar-refractivity contribution < 1.29 is 38.0 Å². The van der Waals surface area contributed by atoms with Gasteiger partial charge in [-0.3, -0.25) is 4.79 Å². The lowest BCUT2D eigenvalue weighted by molar-refractivity contribution is -0.170. The van der Waals surface area contributed by atoms with Gasteiger partial charge in [0.2, 0.25) is 5.75 Å². The van der Waals surface area contributed by atoms with Crippen molar-refractivity contribution in [2.24, 2.45) is 5.92 Å². The summed E-state index contributed by atoms with van der Waals surface area (Å²) in [6, 6.07) is 3.49. The molecule has 9 nitrogen and oxygen atoms in total. The fourth-order valence-corrected chi connectivity index (χ4v) is 5.64. The highest BCUT2D eigenvalue weighted by molar-refractivity contribution is 5.76. The number of benzene rings is 1. The molecule has 2 aliphatic heterocycles. The van der Waals surface area contributed by atoms with Crippen molar-refractivity contribution in [3.8, 4) is 17.2 Å². The van der Waals surface area contributed by atoms with E-state index in [-0.39, 0.29) is 47.9 Å². The van der Waals surface area contributed by atoms with Gasteiger partial charge in [0, 0.05) is 24.9 Å². The normalized spacial score (nSPS) is 32.4. The molecule has 0 amide bonds. The minimum Gasteiger partial charge on any atom is -0.493 e. The fraction of sp³-hybridized carbons (Fsp3) is 0.667. The highest BCUT2D eigenvalue weighted by atomic mass is 16.6. The molecule has 1 aliphatic carbocycles. The summed E-state index contributed by atoms with van der Waals surface area (Å²) >= 11 is 0. The van der Waals surface area contributed by atoms with E-state index in [4.69, 9.17) is 33.2 Å². The number of rotatable bonds is 11. The Labute approximate surface area is 213 Å². The fourth-order valence-electron chi connectivity index (χ4n) is 5.64. The maximum Gasteiger partial charge on any atom is 0.325 e. The Morgan fingerprint density at radius 2 is 1.81 bits per heavy atom. The van der Waals surface area contributed by atoms with Crippen LogP contribution in [0.4, 0.5) is 5.69 Å². The maximum atomic E-state index is 12.9. The molecule has 1 saturated carbocycles. The van der Waals surface area contributed by atoms with Gasteiger partial charge in [-0.2, -0.15) is 0 Å².